The monoisotopic (exact) mass is 370 g/mol. The lowest BCUT2D eigenvalue weighted by atomic mass is 10.1. The van der Waals surface area contributed by atoms with E-state index in [9.17, 15) is 4.79 Å². The van der Waals surface area contributed by atoms with Gasteiger partial charge in [0.25, 0.3) is 0 Å². The third-order valence-electron chi connectivity index (χ3n) is 5.50. The molecule has 138 valence electrons. The highest BCUT2D eigenvalue weighted by Gasteiger charge is 2.35. The topological polar surface area (TPSA) is 50.2 Å². The van der Waals surface area contributed by atoms with E-state index in [2.05, 4.69) is 15.2 Å². The molecule has 0 aliphatic carbocycles. The molecule has 1 N–H and O–H groups in total. The second-order valence-corrected chi connectivity index (χ2v) is 8.34. The van der Waals surface area contributed by atoms with Gasteiger partial charge in [-0.15, -0.1) is 0 Å². The lowest BCUT2D eigenvalue weighted by Gasteiger charge is -2.34. The lowest BCUT2D eigenvalue weighted by Crippen LogP contribution is -2.46. The summed E-state index contributed by atoms with van der Waals surface area (Å²) in [5.74, 6) is 3.55. The Labute approximate surface area is 159 Å². The molecule has 1 aromatic carbocycles. The largest absolute Gasteiger partial charge is 0.325 e. The van der Waals surface area contributed by atoms with Crippen molar-refractivity contribution in [3.8, 4) is 5.69 Å². The van der Waals surface area contributed by atoms with Gasteiger partial charge < -0.3 is 9.88 Å². The van der Waals surface area contributed by atoms with Crippen LogP contribution < -0.4 is 5.32 Å². The average molecular weight is 371 g/mol. The number of thioether (sulfide) groups is 1. The number of aromatic nitrogens is 2. The van der Waals surface area contributed by atoms with Gasteiger partial charge in [0.2, 0.25) is 5.91 Å². The van der Waals surface area contributed by atoms with E-state index in [1.54, 1.807) is 6.20 Å². The number of imidazole rings is 1. The Morgan fingerprint density at radius 1 is 1.19 bits per heavy atom. The van der Waals surface area contributed by atoms with E-state index in [4.69, 9.17) is 0 Å². The van der Waals surface area contributed by atoms with Crippen LogP contribution in [-0.2, 0) is 4.79 Å². The molecule has 1 amide bonds. The summed E-state index contributed by atoms with van der Waals surface area (Å²) < 4.78 is 2.03. The van der Waals surface area contributed by atoms with E-state index in [1.165, 1.54) is 24.3 Å². The van der Waals surface area contributed by atoms with Crippen molar-refractivity contribution in [1.82, 2.24) is 14.5 Å². The van der Waals surface area contributed by atoms with Crippen molar-refractivity contribution in [2.45, 2.75) is 44.7 Å². The van der Waals surface area contributed by atoms with Crippen LogP contribution in [0.1, 0.15) is 31.5 Å². The standard InChI is InChI=1S/C20H26N4OS/c1-15-21-10-12-23(15)17-6-4-16(5-7-17)22-20(25)19-3-2-11-24(19)18-8-13-26-14-9-18/h4-7,10,12,18-19H,2-3,8-9,11,13-14H2,1H3,(H,22,25)/t19-/m0/s1. The van der Waals surface area contributed by atoms with Gasteiger partial charge in [-0.3, -0.25) is 9.69 Å². The molecule has 2 fully saturated rings. The molecule has 0 unspecified atom stereocenters. The Balaban J connectivity index is 1.41. The summed E-state index contributed by atoms with van der Waals surface area (Å²) in [7, 11) is 0. The van der Waals surface area contributed by atoms with Gasteiger partial charge in [-0.2, -0.15) is 11.8 Å². The van der Waals surface area contributed by atoms with Crippen molar-refractivity contribution in [1.29, 1.82) is 0 Å². The predicted octanol–water partition coefficient (Wildman–Crippen LogP) is 3.48. The molecule has 3 heterocycles. The maximum atomic E-state index is 12.9. The zero-order valence-corrected chi connectivity index (χ0v) is 16.0. The minimum Gasteiger partial charge on any atom is -0.325 e. The number of aryl methyl sites for hydroxylation is 1. The number of benzene rings is 1. The van der Waals surface area contributed by atoms with Gasteiger partial charge in [-0.25, -0.2) is 4.98 Å². The van der Waals surface area contributed by atoms with Crippen molar-refractivity contribution in [2.75, 3.05) is 23.4 Å². The highest BCUT2D eigenvalue weighted by molar-refractivity contribution is 7.99. The third-order valence-corrected chi connectivity index (χ3v) is 6.54. The van der Waals surface area contributed by atoms with Crippen LogP contribution in [0, 0.1) is 6.92 Å². The molecule has 0 saturated carbocycles. The molecule has 1 aromatic heterocycles. The molecule has 2 saturated heterocycles. The first kappa shape index (κ1) is 17.6. The van der Waals surface area contributed by atoms with E-state index in [0.29, 0.717) is 6.04 Å². The Kier molecular flexibility index (Phi) is 5.31. The first-order valence-corrected chi connectivity index (χ1v) is 10.6. The van der Waals surface area contributed by atoms with E-state index in [1.807, 2.05) is 53.7 Å². The fourth-order valence-electron chi connectivity index (χ4n) is 4.11. The van der Waals surface area contributed by atoms with Gasteiger partial charge in [-0.1, -0.05) is 0 Å². The molecule has 2 aliphatic heterocycles. The number of hydrogen-bond donors (Lipinski definition) is 1. The predicted molar refractivity (Wildman–Crippen MR) is 107 cm³/mol. The summed E-state index contributed by atoms with van der Waals surface area (Å²) in [4.78, 5) is 19.6. The van der Waals surface area contributed by atoms with Gasteiger partial charge in [0.15, 0.2) is 0 Å². The van der Waals surface area contributed by atoms with Crippen molar-refractivity contribution in [3.05, 3.63) is 42.5 Å². The molecule has 0 radical (unpaired) electrons. The van der Waals surface area contributed by atoms with Gasteiger partial charge in [-0.05, 0) is 74.9 Å². The van der Waals surface area contributed by atoms with Crippen LogP contribution in [0.4, 0.5) is 5.69 Å². The van der Waals surface area contributed by atoms with Gasteiger partial charge in [0.05, 0.1) is 6.04 Å². The molecular formula is C20H26N4OS. The van der Waals surface area contributed by atoms with Crippen LogP contribution in [0.25, 0.3) is 5.69 Å². The third kappa shape index (κ3) is 3.67. The average Bonchev–Trinajstić information content (AvgIpc) is 3.32. The Hall–Kier alpha value is -1.79. The number of rotatable bonds is 4. The lowest BCUT2D eigenvalue weighted by molar-refractivity contribution is -0.121. The van der Waals surface area contributed by atoms with Crippen LogP contribution in [0.15, 0.2) is 36.7 Å². The molecule has 4 rings (SSSR count). The summed E-state index contributed by atoms with van der Waals surface area (Å²) in [6.45, 7) is 3.04. The second kappa shape index (κ2) is 7.84. The minimum absolute atomic E-state index is 0.0265. The van der Waals surface area contributed by atoms with Crippen molar-refractivity contribution < 1.29 is 4.79 Å². The summed E-state index contributed by atoms with van der Waals surface area (Å²) in [5, 5.41) is 3.13. The zero-order valence-electron chi connectivity index (χ0n) is 15.2. The normalized spacial score (nSPS) is 21.8. The molecule has 2 aliphatic rings. The number of likely N-dealkylation sites (tertiary alicyclic amines) is 1. The molecule has 2 aromatic rings. The SMILES string of the molecule is Cc1nccn1-c1ccc(NC(=O)[C@@H]2CCCN2C2CCSCC2)cc1. The summed E-state index contributed by atoms with van der Waals surface area (Å²) >= 11 is 2.04. The smallest absolute Gasteiger partial charge is 0.241 e. The fourth-order valence-corrected chi connectivity index (χ4v) is 5.19. The Bertz CT molecular complexity index is 751. The van der Waals surface area contributed by atoms with Gasteiger partial charge in [0.1, 0.15) is 5.82 Å². The second-order valence-electron chi connectivity index (χ2n) is 7.12. The molecule has 1 atom stereocenters. The molecule has 0 bridgehead atoms. The summed E-state index contributed by atoms with van der Waals surface area (Å²) in [6.07, 6.45) is 8.27. The maximum absolute atomic E-state index is 12.9. The van der Waals surface area contributed by atoms with E-state index >= 15 is 0 Å². The number of carbonyl (C=O) groups is 1. The Morgan fingerprint density at radius 2 is 1.96 bits per heavy atom. The van der Waals surface area contributed by atoms with E-state index in [-0.39, 0.29) is 11.9 Å². The fraction of sp³-hybridized carbons (Fsp3) is 0.500. The number of hydrogen-bond acceptors (Lipinski definition) is 4. The van der Waals surface area contributed by atoms with E-state index in [0.717, 1.165) is 36.6 Å². The van der Waals surface area contributed by atoms with Crippen LogP contribution in [-0.4, -0.2) is 50.5 Å². The van der Waals surface area contributed by atoms with Crippen LogP contribution >= 0.6 is 11.8 Å². The number of amides is 1. The van der Waals surface area contributed by atoms with Crippen molar-refractivity contribution >= 4 is 23.4 Å². The van der Waals surface area contributed by atoms with Gasteiger partial charge in [0, 0.05) is 29.8 Å². The molecule has 26 heavy (non-hydrogen) atoms. The number of anilines is 1. The molecular weight excluding hydrogens is 344 g/mol. The molecule has 0 spiro atoms. The number of nitrogens with one attached hydrogen (secondary N) is 1. The Morgan fingerprint density at radius 3 is 2.65 bits per heavy atom. The highest BCUT2D eigenvalue weighted by Crippen LogP contribution is 2.29. The van der Waals surface area contributed by atoms with E-state index < -0.39 is 0 Å². The van der Waals surface area contributed by atoms with Crippen LogP contribution in [0.5, 0.6) is 0 Å². The van der Waals surface area contributed by atoms with Gasteiger partial charge >= 0.3 is 0 Å². The highest BCUT2D eigenvalue weighted by atomic mass is 32.2. The first-order chi connectivity index (χ1) is 12.7. The van der Waals surface area contributed by atoms with Crippen LogP contribution in [0.3, 0.4) is 0 Å². The van der Waals surface area contributed by atoms with Crippen molar-refractivity contribution in [3.63, 3.8) is 0 Å². The summed E-state index contributed by atoms with van der Waals surface area (Å²) in [6, 6.07) is 8.61. The maximum Gasteiger partial charge on any atom is 0.241 e. The quantitative estimate of drug-likeness (QED) is 0.895. The molecule has 6 heteroatoms. The minimum atomic E-state index is 0.0265. The number of nitrogens with zero attached hydrogens (tertiary/aromatic N) is 3. The van der Waals surface area contributed by atoms with Crippen LogP contribution in [0.2, 0.25) is 0 Å². The number of carbonyl (C=O) groups excluding carboxylic acids is 1. The zero-order chi connectivity index (χ0) is 17.9. The van der Waals surface area contributed by atoms with Crippen molar-refractivity contribution in [2.24, 2.45) is 0 Å². The summed E-state index contributed by atoms with van der Waals surface area (Å²) in [5.41, 5.74) is 1.92. The first-order valence-electron chi connectivity index (χ1n) is 9.47. The molecule has 5 nitrogen and oxygen atoms in total.